The van der Waals surface area contributed by atoms with Gasteiger partial charge in [0.25, 0.3) is 0 Å². The number of carbonyl (C=O) groups is 1. The highest BCUT2D eigenvalue weighted by atomic mass is 35.5. The molecule has 5 nitrogen and oxygen atoms in total. The average Bonchev–Trinajstić information content (AvgIpc) is 2.93. The predicted octanol–water partition coefficient (Wildman–Crippen LogP) is 4.62. The molecule has 170 valence electrons. The van der Waals surface area contributed by atoms with Crippen LogP contribution in [0.1, 0.15) is 47.2 Å². The van der Waals surface area contributed by atoms with Crippen LogP contribution >= 0.6 is 11.6 Å². The van der Waals surface area contributed by atoms with Crippen molar-refractivity contribution in [3.8, 4) is 5.75 Å². The summed E-state index contributed by atoms with van der Waals surface area (Å²) in [6.07, 6.45) is 5.37. The fourth-order valence-electron chi connectivity index (χ4n) is 5.76. The number of fused-ring (bicyclic) bond motifs is 3. The van der Waals surface area contributed by atoms with E-state index in [1.807, 2.05) is 18.2 Å². The second kappa shape index (κ2) is 8.60. The first-order valence-corrected chi connectivity index (χ1v) is 11.9. The summed E-state index contributed by atoms with van der Waals surface area (Å²) in [5.74, 6) is 1.25. The zero-order valence-electron chi connectivity index (χ0n) is 18.5. The van der Waals surface area contributed by atoms with Gasteiger partial charge in [0, 0.05) is 30.1 Å². The van der Waals surface area contributed by atoms with Gasteiger partial charge in [-0.2, -0.15) is 0 Å². The second-order valence-corrected chi connectivity index (χ2v) is 10.00. The van der Waals surface area contributed by atoms with E-state index in [1.54, 1.807) is 6.07 Å². The first-order valence-electron chi connectivity index (χ1n) is 11.5. The summed E-state index contributed by atoms with van der Waals surface area (Å²) >= 11 is 6.32. The third kappa shape index (κ3) is 3.75. The summed E-state index contributed by atoms with van der Waals surface area (Å²) < 4.78 is 11.4. The SMILES string of the molecule is COC(=O)c1ccc2c(c1)N(C[C@@H]1CCC1CO)C[C@@]1(CCCc3cc(Cl)ccc31)CO2. The monoisotopic (exact) mass is 455 g/mol. The Kier molecular flexibility index (Phi) is 5.81. The van der Waals surface area contributed by atoms with Crippen LogP contribution in [0.15, 0.2) is 36.4 Å². The van der Waals surface area contributed by atoms with Gasteiger partial charge in [0.05, 0.1) is 25.0 Å². The number of rotatable bonds is 4. The maximum atomic E-state index is 12.2. The molecule has 1 aliphatic heterocycles. The Hall–Kier alpha value is -2.24. The molecule has 5 rings (SSSR count). The van der Waals surface area contributed by atoms with Crippen molar-refractivity contribution in [2.75, 3.05) is 38.3 Å². The summed E-state index contributed by atoms with van der Waals surface area (Å²) in [6.45, 7) is 2.48. The molecule has 6 heteroatoms. The van der Waals surface area contributed by atoms with Crippen molar-refractivity contribution >= 4 is 23.3 Å². The van der Waals surface area contributed by atoms with Gasteiger partial charge < -0.3 is 19.5 Å². The van der Waals surface area contributed by atoms with Gasteiger partial charge in [-0.05, 0) is 85.4 Å². The van der Waals surface area contributed by atoms with Crippen molar-refractivity contribution in [3.05, 3.63) is 58.1 Å². The van der Waals surface area contributed by atoms with Crippen LogP contribution in [-0.2, 0) is 16.6 Å². The number of hydrogen-bond donors (Lipinski definition) is 1. The van der Waals surface area contributed by atoms with Gasteiger partial charge in [-0.15, -0.1) is 0 Å². The lowest BCUT2D eigenvalue weighted by molar-refractivity contribution is 0.0600. The van der Waals surface area contributed by atoms with E-state index in [1.165, 1.54) is 18.2 Å². The summed E-state index contributed by atoms with van der Waals surface area (Å²) in [5, 5.41) is 10.5. The normalized spacial score (nSPS) is 26.4. The second-order valence-electron chi connectivity index (χ2n) is 9.56. The highest BCUT2D eigenvalue weighted by molar-refractivity contribution is 6.30. The number of aliphatic hydroxyl groups excluding tert-OH is 1. The summed E-state index contributed by atoms with van der Waals surface area (Å²) in [4.78, 5) is 14.6. The van der Waals surface area contributed by atoms with E-state index >= 15 is 0 Å². The molecule has 1 saturated carbocycles. The van der Waals surface area contributed by atoms with Gasteiger partial charge in [-0.3, -0.25) is 0 Å². The maximum absolute atomic E-state index is 12.2. The lowest BCUT2D eigenvalue weighted by Crippen LogP contribution is -2.48. The van der Waals surface area contributed by atoms with Crippen molar-refractivity contribution < 1.29 is 19.4 Å². The molecule has 1 N–H and O–H groups in total. The number of aryl methyl sites for hydroxylation is 1. The van der Waals surface area contributed by atoms with Gasteiger partial charge in [0.15, 0.2) is 0 Å². The maximum Gasteiger partial charge on any atom is 0.337 e. The minimum Gasteiger partial charge on any atom is -0.490 e. The molecular weight excluding hydrogens is 426 g/mol. The number of carbonyl (C=O) groups excluding carboxylic acids is 1. The molecule has 0 bridgehead atoms. The summed E-state index contributed by atoms with van der Waals surface area (Å²) in [6, 6.07) is 11.8. The molecule has 0 aromatic heterocycles. The molecule has 2 aliphatic carbocycles. The number of anilines is 1. The van der Waals surface area contributed by atoms with Crippen LogP contribution in [-0.4, -0.2) is 44.5 Å². The van der Waals surface area contributed by atoms with Crippen LogP contribution in [0.4, 0.5) is 5.69 Å². The summed E-state index contributed by atoms with van der Waals surface area (Å²) in [5.41, 5.74) is 3.96. The molecular formula is C26H30ClNO4. The van der Waals surface area contributed by atoms with Crippen molar-refractivity contribution in [3.63, 3.8) is 0 Å². The number of methoxy groups -OCH3 is 1. The number of esters is 1. The molecule has 0 amide bonds. The molecule has 1 unspecified atom stereocenters. The Bertz CT molecular complexity index is 1020. The van der Waals surface area contributed by atoms with E-state index in [9.17, 15) is 9.90 Å². The predicted molar refractivity (Wildman–Crippen MR) is 125 cm³/mol. The van der Waals surface area contributed by atoms with Crippen LogP contribution in [0, 0.1) is 11.8 Å². The number of halogens is 1. The van der Waals surface area contributed by atoms with Crippen molar-refractivity contribution in [2.45, 2.75) is 37.5 Å². The van der Waals surface area contributed by atoms with Gasteiger partial charge in [-0.25, -0.2) is 4.79 Å². The van der Waals surface area contributed by atoms with Crippen LogP contribution in [0.3, 0.4) is 0 Å². The Morgan fingerprint density at radius 3 is 2.84 bits per heavy atom. The molecule has 3 atom stereocenters. The molecule has 1 heterocycles. The van der Waals surface area contributed by atoms with Crippen LogP contribution in [0.2, 0.25) is 5.02 Å². The van der Waals surface area contributed by atoms with Gasteiger partial charge in [0.1, 0.15) is 5.75 Å². The third-order valence-electron chi connectivity index (χ3n) is 7.72. The van der Waals surface area contributed by atoms with Crippen LogP contribution in [0.5, 0.6) is 5.75 Å². The van der Waals surface area contributed by atoms with Crippen LogP contribution < -0.4 is 9.64 Å². The van der Waals surface area contributed by atoms with E-state index in [0.29, 0.717) is 24.0 Å². The summed E-state index contributed by atoms with van der Waals surface area (Å²) in [7, 11) is 1.40. The van der Waals surface area contributed by atoms with Crippen molar-refractivity contribution in [2.24, 2.45) is 11.8 Å². The van der Waals surface area contributed by atoms with Crippen molar-refractivity contribution in [1.82, 2.24) is 0 Å². The molecule has 0 radical (unpaired) electrons. The molecule has 1 spiro atoms. The Morgan fingerprint density at radius 1 is 1.25 bits per heavy atom. The number of ether oxygens (including phenoxy) is 2. The smallest absolute Gasteiger partial charge is 0.337 e. The molecule has 3 aliphatic rings. The minimum atomic E-state index is -0.346. The third-order valence-corrected chi connectivity index (χ3v) is 7.96. The topological polar surface area (TPSA) is 59.0 Å². The van der Waals surface area contributed by atoms with E-state index in [-0.39, 0.29) is 18.0 Å². The quantitative estimate of drug-likeness (QED) is 0.682. The highest BCUT2D eigenvalue weighted by Crippen LogP contribution is 2.46. The minimum absolute atomic E-state index is 0.138. The molecule has 1 fully saturated rings. The number of benzene rings is 2. The Balaban J connectivity index is 1.56. The average molecular weight is 456 g/mol. The number of aliphatic hydroxyl groups is 1. The van der Waals surface area contributed by atoms with Crippen molar-refractivity contribution in [1.29, 1.82) is 0 Å². The largest absolute Gasteiger partial charge is 0.490 e. The number of nitrogens with zero attached hydrogens (tertiary/aromatic N) is 1. The Morgan fingerprint density at radius 2 is 2.09 bits per heavy atom. The first-order chi connectivity index (χ1) is 15.5. The first kappa shape index (κ1) is 21.6. The van der Waals surface area contributed by atoms with E-state index < -0.39 is 0 Å². The highest BCUT2D eigenvalue weighted by Gasteiger charge is 2.43. The molecule has 2 aromatic carbocycles. The van der Waals surface area contributed by atoms with Gasteiger partial charge in [0.2, 0.25) is 0 Å². The van der Waals surface area contributed by atoms with Gasteiger partial charge >= 0.3 is 5.97 Å². The lowest BCUT2D eigenvalue weighted by Gasteiger charge is -2.44. The lowest BCUT2D eigenvalue weighted by atomic mass is 9.69. The number of hydrogen-bond acceptors (Lipinski definition) is 5. The zero-order chi connectivity index (χ0) is 22.3. The fourth-order valence-corrected chi connectivity index (χ4v) is 5.96. The molecule has 2 aromatic rings. The van der Waals surface area contributed by atoms with E-state index in [0.717, 1.165) is 61.7 Å². The van der Waals surface area contributed by atoms with E-state index in [2.05, 4.69) is 17.0 Å². The van der Waals surface area contributed by atoms with Gasteiger partial charge in [-0.1, -0.05) is 17.7 Å². The molecule has 32 heavy (non-hydrogen) atoms. The van der Waals surface area contributed by atoms with E-state index in [4.69, 9.17) is 21.1 Å². The Labute approximate surface area is 194 Å². The molecule has 0 saturated heterocycles. The zero-order valence-corrected chi connectivity index (χ0v) is 19.2. The standard InChI is InChI=1S/C26H30ClNO4/c1-31-25(30)18-6-9-24-23(12-18)28(13-19-4-5-20(19)14-29)15-26(16-32-24)10-2-3-17-11-21(27)7-8-22(17)26/h6-9,11-12,19-20,29H,2-5,10,13-16H2,1H3/t19-,20?,26-/m0/s1. The fraction of sp³-hybridized carbons (Fsp3) is 0.500. The van der Waals surface area contributed by atoms with Crippen LogP contribution in [0.25, 0.3) is 0 Å².